The Morgan fingerprint density at radius 3 is 2.79 bits per heavy atom. The lowest BCUT2D eigenvalue weighted by molar-refractivity contribution is -0.0512. The predicted molar refractivity (Wildman–Crippen MR) is 98.2 cm³/mol. The van der Waals surface area contributed by atoms with E-state index in [1.54, 1.807) is 12.3 Å². The van der Waals surface area contributed by atoms with Crippen molar-refractivity contribution in [2.75, 3.05) is 7.11 Å². The van der Waals surface area contributed by atoms with Gasteiger partial charge in [-0.15, -0.1) is 0 Å². The number of hydrogen-bond donors (Lipinski definition) is 0. The third-order valence-corrected chi connectivity index (χ3v) is 3.77. The maximum atomic E-state index is 12.3. The first-order valence-electron chi connectivity index (χ1n) is 8.23. The van der Waals surface area contributed by atoms with Crippen LogP contribution in [0, 0.1) is 6.92 Å². The lowest BCUT2D eigenvalue weighted by Crippen LogP contribution is -2.15. The van der Waals surface area contributed by atoms with Crippen LogP contribution in [-0.2, 0) is 11.4 Å². The van der Waals surface area contributed by atoms with Crippen LogP contribution in [0.15, 0.2) is 52.5 Å². The van der Waals surface area contributed by atoms with Gasteiger partial charge in [-0.2, -0.15) is 8.78 Å². The minimum atomic E-state index is -2.95. The van der Waals surface area contributed by atoms with Crippen molar-refractivity contribution in [1.82, 2.24) is 9.38 Å². The first kappa shape index (κ1) is 19.3. The van der Waals surface area contributed by atoms with Gasteiger partial charge in [0.1, 0.15) is 5.65 Å². The average Bonchev–Trinajstić information content (AvgIpc) is 2.65. The Labute approximate surface area is 158 Å². The highest BCUT2D eigenvalue weighted by Crippen LogP contribution is 2.28. The van der Waals surface area contributed by atoms with E-state index in [9.17, 15) is 13.6 Å². The highest BCUT2D eigenvalue weighted by Gasteiger charge is 2.10. The monoisotopic (exact) mass is 389 g/mol. The van der Waals surface area contributed by atoms with E-state index in [-0.39, 0.29) is 23.7 Å². The van der Waals surface area contributed by atoms with Crippen molar-refractivity contribution >= 4 is 11.9 Å². The molecular weight excluding hydrogens is 372 g/mol. The highest BCUT2D eigenvalue weighted by atomic mass is 19.3. The summed E-state index contributed by atoms with van der Waals surface area (Å²) >= 11 is 0. The van der Waals surface area contributed by atoms with Gasteiger partial charge in [-0.3, -0.25) is 9.20 Å². The van der Waals surface area contributed by atoms with E-state index in [1.807, 2.05) is 13.0 Å². The van der Waals surface area contributed by atoms with Crippen LogP contribution in [0.3, 0.4) is 0 Å². The van der Waals surface area contributed by atoms with Gasteiger partial charge < -0.3 is 14.3 Å². The van der Waals surface area contributed by atoms with Gasteiger partial charge in [0, 0.05) is 17.8 Å². The van der Waals surface area contributed by atoms with Gasteiger partial charge in [0.25, 0.3) is 5.56 Å². The summed E-state index contributed by atoms with van der Waals surface area (Å²) in [6.07, 6.45) is 3.05. The Morgan fingerprint density at radius 2 is 2.04 bits per heavy atom. The highest BCUT2D eigenvalue weighted by molar-refractivity contribution is 5.80. The zero-order valence-corrected chi connectivity index (χ0v) is 15.1. The first-order chi connectivity index (χ1) is 13.5. The van der Waals surface area contributed by atoms with Gasteiger partial charge in [-0.05, 0) is 42.8 Å². The predicted octanol–water partition coefficient (Wildman–Crippen LogP) is 3.16. The van der Waals surface area contributed by atoms with E-state index >= 15 is 0 Å². The standard InChI is InChI=1S/C19H17F2N3O4/c1-12-5-6-24-17(7-12)23-14(9-18(24)25)11-27-22-10-13-3-4-15(28-19(20)21)16(8-13)26-2/h3-10,19H,11H2,1-2H3/b22-10+. The molecule has 0 aliphatic carbocycles. The molecule has 0 atom stereocenters. The minimum Gasteiger partial charge on any atom is -0.493 e. The van der Waals surface area contributed by atoms with Crippen LogP contribution in [0.25, 0.3) is 5.65 Å². The van der Waals surface area contributed by atoms with Crippen molar-refractivity contribution in [1.29, 1.82) is 0 Å². The number of alkyl halides is 2. The molecule has 0 saturated carbocycles. The van der Waals surface area contributed by atoms with Gasteiger partial charge in [-0.25, -0.2) is 4.98 Å². The Bertz CT molecular complexity index is 1070. The number of methoxy groups -OCH3 is 1. The fraction of sp³-hybridized carbons (Fsp3) is 0.211. The maximum Gasteiger partial charge on any atom is 0.387 e. The van der Waals surface area contributed by atoms with Crippen molar-refractivity contribution in [3.05, 3.63) is 69.8 Å². The van der Waals surface area contributed by atoms with Crippen LogP contribution in [0.5, 0.6) is 11.5 Å². The topological polar surface area (TPSA) is 74.4 Å². The SMILES string of the molecule is COc1cc(/C=N/OCc2cc(=O)n3ccc(C)cc3n2)ccc1OC(F)F. The molecule has 146 valence electrons. The van der Waals surface area contributed by atoms with Gasteiger partial charge in [0.15, 0.2) is 18.1 Å². The molecule has 0 saturated heterocycles. The van der Waals surface area contributed by atoms with E-state index in [0.717, 1.165) is 5.56 Å². The number of halogens is 2. The van der Waals surface area contributed by atoms with E-state index < -0.39 is 6.61 Å². The number of pyridine rings is 1. The second-order valence-corrected chi connectivity index (χ2v) is 5.81. The number of oxime groups is 1. The van der Waals surface area contributed by atoms with Gasteiger partial charge in [-0.1, -0.05) is 5.16 Å². The van der Waals surface area contributed by atoms with Crippen LogP contribution < -0.4 is 15.0 Å². The molecule has 0 radical (unpaired) electrons. The molecule has 28 heavy (non-hydrogen) atoms. The molecule has 0 fully saturated rings. The quantitative estimate of drug-likeness (QED) is 0.458. The second kappa shape index (κ2) is 8.47. The van der Waals surface area contributed by atoms with Crippen LogP contribution in [-0.4, -0.2) is 29.3 Å². The van der Waals surface area contributed by atoms with Crippen LogP contribution in [0.1, 0.15) is 16.8 Å². The first-order valence-corrected chi connectivity index (χ1v) is 8.23. The molecule has 2 aromatic heterocycles. The number of fused-ring (bicyclic) bond motifs is 1. The van der Waals surface area contributed by atoms with Crippen molar-refractivity contribution < 1.29 is 23.1 Å². The summed E-state index contributed by atoms with van der Waals surface area (Å²) < 4.78 is 35.5. The number of ether oxygens (including phenoxy) is 2. The van der Waals surface area contributed by atoms with Crippen LogP contribution in [0.4, 0.5) is 8.78 Å². The van der Waals surface area contributed by atoms with Crippen molar-refractivity contribution in [2.45, 2.75) is 20.1 Å². The molecule has 0 aliphatic rings. The Balaban J connectivity index is 1.68. The summed E-state index contributed by atoms with van der Waals surface area (Å²) in [7, 11) is 1.34. The molecule has 0 bridgehead atoms. The third-order valence-electron chi connectivity index (χ3n) is 3.77. The third kappa shape index (κ3) is 4.61. The van der Waals surface area contributed by atoms with E-state index in [1.165, 1.54) is 42.0 Å². The molecule has 3 aromatic rings. The lowest BCUT2D eigenvalue weighted by Gasteiger charge is -2.09. The zero-order chi connectivity index (χ0) is 20.1. The van der Waals surface area contributed by atoms with E-state index in [0.29, 0.717) is 16.9 Å². The summed E-state index contributed by atoms with van der Waals surface area (Å²) in [5.74, 6) is 0.0653. The zero-order valence-electron chi connectivity index (χ0n) is 15.1. The number of aromatic nitrogens is 2. The molecule has 2 heterocycles. The average molecular weight is 389 g/mol. The van der Waals surface area contributed by atoms with Gasteiger partial charge in [0.05, 0.1) is 19.0 Å². The van der Waals surface area contributed by atoms with E-state index in [4.69, 9.17) is 9.57 Å². The van der Waals surface area contributed by atoms with Gasteiger partial charge in [0.2, 0.25) is 0 Å². The largest absolute Gasteiger partial charge is 0.493 e. The number of aryl methyl sites for hydroxylation is 1. The Hall–Kier alpha value is -3.49. The molecule has 0 unspecified atom stereocenters. The smallest absolute Gasteiger partial charge is 0.387 e. The molecular formula is C19H17F2N3O4. The fourth-order valence-corrected chi connectivity index (χ4v) is 2.49. The molecule has 9 heteroatoms. The van der Waals surface area contributed by atoms with Crippen molar-refractivity contribution in [3.63, 3.8) is 0 Å². The summed E-state index contributed by atoms with van der Waals surface area (Å²) in [4.78, 5) is 21.7. The van der Waals surface area contributed by atoms with E-state index in [2.05, 4.69) is 14.9 Å². The van der Waals surface area contributed by atoms with Gasteiger partial charge >= 0.3 is 6.61 Å². The summed E-state index contributed by atoms with van der Waals surface area (Å²) in [6, 6.07) is 9.34. The molecule has 0 spiro atoms. The fourth-order valence-electron chi connectivity index (χ4n) is 2.49. The minimum absolute atomic E-state index is 0.000105. The molecule has 0 N–H and O–H groups in total. The lowest BCUT2D eigenvalue weighted by atomic mass is 10.2. The summed E-state index contributed by atoms with van der Waals surface area (Å²) in [5, 5.41) is 3.81. The number of hydrogen-bond acceptors (Lipinski definition) is 6. The molecule has 0 aliphatic heterocycles. The molecule has 0 amide bonds. The number of nitrogens with zero attached hydrogens (tertiary/aromatic N) is 3. The molecule has 7 nitrogen and oxygen atoms in total. The molecule has 3 rings (SSSR count). The van der Waals surface area contributed by atoms with Crippen LogP contribution >= 0.6 is 0 Å². The maximum absolute atomic E-state index is 12.3. The normalized spacial score (nSPS) is 11.3. The number of benzene rings is 1. The summed E-state index contributed by atoms with van der Waals surface area (Å²) in [6.45, 7) is -1.04. The van der Waals surface area contributed by atoms with Crippen molar-refractivity contribution in [3.8, 4) is 11.5 Å². The van der Waals surface area contributed by atoms with Crippen molar-refractivity contribution in [2.24, 2.45) is 5.16 Å². The number of rotatable bonds is 7. The Kier molecular flexibility index (Phi) is 5.83. The Morgan fingerprint density at radius 1 is 1.21 bits per heavy atom. The van der Waals surface area contributed by atoms with Crippen LogP contribution in [0.2, 0.25) is 0 Å². The summed E-state index contributed by atoms with van der Waals surface area (Å²) in [5.41, 5.74) is 2.28. The second-order valence-electron chi connectivity index (χ2n) is 5.81. The molecule has 1 aromatic carbocycles.